The first kappa shape index (κ1) is 10.1. The van der Waals surface area contributed by atoms with Crippen molar-refractivity contribution in [3.05, 3.63) is 34.9 Å². The molecule has 2 heteroatoms. The smallest absolute Gasteiger partial charge is 0.114 e. The zero-order valence-electron chi connectivity index (χ0n) is 7.20. The van der Waals surface area contributed by atoms with Crippen molar-refractivity contribution >= 4 is 11.6 Å². The molecule has 1 N–H and O–H groups in total. The third-order valence-electron chi connectivity index (χ3n) is 1.84. The zero-order valence-corrected chi connectivity index (χ0v) is 7.96. The number of aryl methyl sites for hydroxylation is 1. The molecule has 1 aromatic rings. The van der Waals surface area contributed by atoms with Gasteiger partial charge in [0.1, 0.15) is 6.10 Å². The minimum absolute atomic E-state index is 0.556. The molecular formula is C11H11ClO. The molecule has 0 aliphatic rings. The maximum absolute atomic E-state index is 9.13. The summed E-state index contributed by atoms with van der Waals surface area (Å²) in [6.07, 6.45) is 5.64. The second kappa shape index (κ2) is 4.91. The number of benzene rings is 1. The van der Waals surface area contributed by atoms with Gasteiger partial charge in [-0.1, -0.05) is 35.7 Å². The Morgan fingerprint density at radius 2 is 2.15 bits per heavy atom. The van der Waals surface area contributed by atoms with Crippen LogP contribution in [0.1, 0.15) is 12.0 Å². The van der Waals surface area contributed by atoms with E-state index in [0.29, 0.717) is 12.8 Å². The molecule has 68 valence electrons. The molecule has 0 radical (unpaired) electrons. The standard InChI is InChI=1S/C11H11ClO/c1-2-10(13)8-7-9-5-3-4-6-11(9)12/h1,3-6,10,13H,7-8H2/t10-/m0/s1. The van der Waals surface area contributed by atoms with Crippen LogP contribution in [0.15, 0.2) is 24.3 Å². The number of hydrogen-bond acceptors (Lipinski definition) is 1. The fourth-order valence-electron chi connectivity index (χ4n) is 1.08. The van der Waals surface area contributed by atoms with E-state index in [1.807, 2.05) is 24.3 Å². The number of halogens is 1. The van der Waals surface area contributed by atoms with Crippen molar-refractivity contribution in [2.45, 2.75) is 18.9 Å². The van der Waals surface area contributed by atoms with E-state index in [0.717, 1.165) is 10.6 Å². The molecule has 13 heavy (non-hydrogen) atoms. The van der Waals surface area contributed by atoms with Crippen LogP contribution < -0.4 is 0 Å². The lowest BCUT2D eigenvalue weighted by molar-refractivity contribution is 0.222. The second-order valence-electron chi connectivity index (χ2n) is 2.81. The van der Waals surface area contributed by atoms with Crippen molar-refractivity contribution < 1.29 is 5.11 Å². The van der Waals surface area contributed by atoms with Crippen LogP contribution in [0.3, 0.4) is 0 Å². The summed E-state index contributed by atoms with van der Waals surface area (Å²) in [4.78, 5) is 0. The van der Waals surface area contributed by atoms with E-state index in [-0.39, 0.29) is 0 Å². The van der Waals surface area contributed by atoms with Crippen molar-refractivity contribution in [1.29, 1.82) is 0 Å². The topological polar surface area (TPSA) is 20.2 Å². The van der Waals surface area contributed by atoms with E-state index in [4.69, 9.17) is 23.1 Å². The summed E-state index contributed by atoms with van der Waals surface area (Å²) in [5.41, 5.74) is 1.03. The number of aliphatic hydroxyl groups is 1. The largest absolute Gasteiger partial charge is 0.380 e. The van der Waals surface area contributed by atoms with Gasteiger partial charge in [-0.2, -0.15) is 0 Å². The van der Waals surface area contributed by atoms with E-state index in [2.05, 4.69) is 5.92 Å². The number of rotatable bonds is 3. The quantitative estimate of drug-likeness (QED) is 0.732. The first-order valence-corrected chi connectivity index (χ1v) is 4.49. The van der Waals surface area contributed by atoms with Crippen molar-refractivity contribution in [3.63, 3.8) is 0 Å². The lowest BCUT2D eigenvalue weighted by Crippen LogP contribution is -2.04. The van der Waals surface area contributed by atoms with Crippen molar-refractivity contribution in [1.82, 2.24) is 0 Å². The summed E-state index contributed by atoms with van der Waals surface area (Å²) >= 11 is 5.92. The highest BCUT2D eigenvalue weighted by Gasteiger charge is 2.02. The Bertz CT molecular complexity index is 314. The molecule has 0 spiro atoms. The highest BCUT2D eigenvalue weighted by molar-refractivity contribution is 6.31. The van der Waals surface area contributed by atoms with Gasteiger partial charge in [-0.3, -0.25) is 0 Å². The van der Waals surface area contributed by atoms with E-state index in [9.17, 15) is 0 Å². The molecule has 0 saturated heterocycles. The maximum atomic E-state index is 9.13. The van der Waals surface area contributed by atoms with Crippen LogP contribution in [0, 0.1) is 12.3 Å². The Labute approximate surface area is 83.4 Å². The number of terminal acetylenes is 1. The molecule has 1 rings (SSSR count). The lowest BCUT2D eigenvalue weighted by atomic mass is 10.1. The molecule has 0 saturated carbocycles. The minimum Gasteiger partial charge on any atom is -0.380 e. The zero-order chi connectivity index (χ0) is 9.68. The van der Waals surface area contributed by atoms with Crippen LogP contribution in [0.4, 0.5) is 0 Å². The van der Waals surface area contributed by atoms with Crippen molar-refractivity contribution in [2.75, 3.05) is 0 Å². The SMILES string of the molecule is C#C[C@H](O)CCc1ccccc1Cl. The molecule has 1 atom stereocenters. The fraction of sp³-hybridized carbons (Fsp3) is 0.273. The summed E-state index contributed by atoms with van der Waals surface area (Å²) in [5.74, 6) is 2.27. The van der Waals surface area contributed by atoms with Gasteiger partial charge in [0.05, 0.1) is 0 Å². The molecular weight excluding hydrogens is 184 g/mol. The average Bonchev–Trinajstić information content (AvgIpc) is 2.16. The minimum atomic E-state index is -0.670. The van der Waals surface area contributed by atoms with Crippen LogP contribution in [0.5, 0.6) is 0 Å². The van der Waals surface area contributed by atoms with Crippen LogP contribution in [0.2, 0.25) is 5.02 Å². The molecule has 0 aromatic heterocycles. The number of aliphatic hydroxyl groups excluding tert-OH is 1. The summed E-state index contributed by atoms with van der Waals surface area (Å²) < 4.78 is 0. The summed E-state index contributed by atoms with van der Waals surface area (Å²) in [6.45, 7) is 0. The highest BCUT2D eigenvalue weighted by Crippen LogP contribution is 2.16. The Morgan fingerprint density at radius 1 is 1.46 bits per heavy atom. The normalized spacial score (nSPS) is 12.1. The van der Waals surface area contributed by atoms with Gasteiger partial charge in [-0.15, -0.1) is 6.42 Å². The van der Waals surface area contributed by atoms with Crippen molar-refractivity contribution in [2.24, 2.45) is 0 Å². The Morgan fingerprint density at radius 3 is 2.77 bits per heavy atom. The van der Waals surface area contributed by atoms with Gasteiger partial charge in [0.2, 0.25) is 0 Å². The first-order chi connectivity index (χ1) is 6.24. The Hall–Kier alpha value is -0.970. The lowest BCUT2D eigenvalue weighted by Gasteiger charge is -2.04. The molecule has 1 aromatic carbocycles. The molecule has 1 nitrogen and oxygen atoms in total. The maximum Gasteiger partial charge on any atom is 0.114 e. The Balaban J connectivity index is 2.56. The van der Waals surface area contributed by atoms with Gasteiger partial charge in [-0.25, -0.2) is 0 Å². The van der Waals surface area contributed by atoms with E-state index in [1.165, 1.54) is 0 Å². The third-order valence-corrected chi connectivity index (χ3v) is 2.21. The van der Waals surface area contributed by atoms with E-state index in [1.54, 1.807) is 0 Å². The van der Waals surface area contributed by atoms with Gasteiger partial charge >= 0.3 is 0 Å². The molecule has 0 fully saturated rings. The van der Waals surface area contributed by atoms with E-state index < -0.39 is 6.10 Å². The van der Waals surface area contributed by atoms with Crippen LogP contribution in [0.25, 0.3) is 0 Å². The predicted molar refractivity (Wildman–Crippen MR) is 54.6 cm³/mol. The molecule has 0 bridgehead atoms. The molecule has 0 aliphatic carbocycles. The van der Waals surface area contributed by atoms with Crippen LogP contribution in [-0.4, -0.2) is 11.2 Å². The highest BCUT2D eigenvalue weighted by atomic mass is 35.5. The van der Waals surface area contributed by atoms with Crippen LogP contribution in [-0.2, 0) is 6.42 Å². The second-order valence-corrected chi connectivity index (χ2v) is 3.22. The van der Waals surface area contributed by atoms with E-state index >= 15 is 0 Å². The molecule has 0 aliphatic heterocycles. The monoisotopic (exact) mass is 194 g/mol. The van der Waals surface area contributed by atoms with Crippen molar-refractivity contribution in [3.8, 4) is 12.3 Å². The molecule has 0 unspecified atom stereocenters. The van der Waals surface area contributed by atoms with Gasteiger partial charge in [0, 0.05) is 5.02 Å². The number of hydrogen-bond donors (Lipinski definition) is 1. The molecule has 0 heterocycles. The summed E-state index contributed by atoms with van der Waals surface area (Å²) in [7, 11) is 0. The van der Waals surface area contributed by atoms with Crippen LogP contribution >= 0.6 is 11.6 Å². The molecule has 0 amide bonds. The van der Waals surface area contributed by atoms with Gasteiger partial charge in [-0.05, 0) is 24.5 Å². The van der Waals surface area contributed by atoms with Gasteiger partial charge < -0.3 is 5.11 Å². The first-order valence-electron chi connectivity index (χ1n) is 4.11. The fourth-order valence-corrected chi connectivity index (χ4v) is 1.31. The van der Waals surface area contributed by atoms with Gasteiger partial charge in [0.25, 0.3) is 0 Å². The summed E-state index contributed by atoms with van der Waals surface area (Å²) in [5, 5.41) is 9.86. The Kier molecular flexibility index (Phi) is 3.82. The summed E-state index contributed by atoms with van der Waals surface area (Å²) in [6, 6.07) is 7.57. The third kappa shape index (κ3) is 3.10. The predicted octanol–water partition coefficient (Wildman–Crippen LogP) is 2.27. The average molecular weight is 195 g/mol. The van der Waals surface area contributed by atoms with Gasteiger partial charge in [0.15, 0.2) is 0 Å².